The van der Waals surface area contributed by atoms with E-state index in [9.17, 15) is 9.90 Å². The van der Waals surface area contributed by atoms with Gasteiger partial charge in [-0.25, -0.2) is 0 Å². The molecule has 1 aromatic rings. The van der Waals surface area contributed by atoms with E-state index in [1.165, 1.54) is 24.0 Å². The maximum atomic E-state index is 12.8. The Bertz CT molecular complexity index is 512. The zero-order chi connectivity index (χ0) is 14.7. The van der Waals surface area contributed by atoms with E-state index < -0.39 is 0 Å². The quantitative estimate of drug-likeness (QED) is 0.908. The Hall–Kier alpha value is -1.35. The number of nitrogens with zero attached hydrogens (tertiary/aromatic N) is 1. The molecule has 1 aliphatic carbocycles. The molecule has 1 heterocycles. The van der Waals surface area contributed by atoms with Crippen molar-refractivity contribution in [2.24, 2.45) is 0 Å². The highest BCUT2D eigenvalue weighted by molar-refractivity contribution is 5.94. The molecule has 1 atom stereocenters. The summed E-state index contributed by atoms with van der Waals surface area (Å²) >= 11 is 0. The third-order valence-electron chi connectivity index (χ3n) is 4.94. The second kappa shape index (κ2) is 6.61. The zero-order valence-electron chi connectivity index (χ0n) is 12.7. The third kappa shape index (κ3) is 3.13. The molecule has 3 rings (SSSR count). The highest BCUT2D eigenvalue weighted by Crippen LogP contribution is 2.24. The van der Waals surface area contributed by atoms with Gasteiger partial charge in [0, 0.05) is 12.1 Å². The van der Waals surface area contributed by atoms with Crippen LogP contribution >= 0.6 is 0 Å². The van der Waals surface area contributed by atoms with Crippen LogP contribution in [0.15, 0.2) is 18.2 Å². The minimum absolute atomic E-state index is 0.00367. The van der Waals surface area contributed by atoms with Gasteiger partial charge in [-0.3, -0.25) is 4.79 Å². The van der Waals surface area contributed by atoms with Crippen LogP contribution in [0.4, 0.5) is 0 Å². The Labute approximate surface area is 127 Å². The highest BCUT2D eigenvalue weighted by Gasteiger charge is 2.26. The molecule has 1 fully saturated rings. The maximum absolute atomic E-state index is 12.8. The van der Waals surface area contributed by atoms with Gasteiger partial charge in [-0.05, 0) is 61.8 Å². The van der Waals surface area contributed by atoms with Crippen LogP contribution in [0, 0.1) is 0 Å². The van der Waals surface area contributed by atoms with Crippen LogP contribution in [0.3, 0.4) is 0 Å². The number of amides is 1. The molecular formula is C18H25NO2. The van der Waals surface area contributed by atoms with Crippen LogP contribution in [-0.4, -0.2) is 35.1 Å². The maximum Gasteiger partial charge on any atom is 0.254 e. The molecule has 1 unspecified atom stereocenters. The first-order valence-corrected chi connectivity index (χ1v) is 8.33. The number of hydrogen-bond donors (Lipinski definition) is 1. The van der Waals surface area contributed by atoms with Gasteiger partial charge in [0.05, 0.1) is 12.6 Å². The monoisotopic (exact) mass is 287 g/mol. The van der Waals surface area contributed by atoms with Crippen molar-refractivity contribution in [3.05, 3.63) is 34.9 Å². The van der Waals surface area contributed by atoms with E-state index in [-0.39, 0.29) is 18.6 Å². The molecule has 21 heavy (non-hydrogen) atoms. The Balaban J connectivity index is 1.83. The summed E-state index contributed by atoms with van der Waals surface area (Å²) in [6, 6.07) is 6.20. The number of fused-ring (bicyclic) bond motifs is 1. The molecule has 0 radical (unpaired) electrons. The number of hydrogen-bond acceptors (Lipinski definition) is 2. The number of aryl methyl sites for hydroxylation is 2. The first-order chi connectivity index (χ1) is 10.3. The fraction of sp³-hybridized carbons (Fsp3) is 0.611. The summed E-state index contributed by atoms with van der Waals surface area (Å²) in [5.74, 6) is 0.101. The van der Waals surface area contributed by atoms with Gasteiger partial charge in [0.2, 0.25) is 0 Å². The molecular weight excluding hydrogens is 262 g/mol. The van der Waals surface area contributed by atoms with Gasteiger partial charge in [-0.2, -0.15) is 0 Å². The van der Waals surface area contributed by atoms with E-state index in [2.05, 4.69) is 12.1 Å². The van der Waals surface area contributed by atoms with Gasteiger partial charge in [0.1, 0.15) is 0 Å². The van der Waals surface area contributed by atoms with E-state index in [1.54, 1.807) is 0 Å². The molecule has 0 spiro atoms. The standard InChI is InChI=1S/C18H25NO2/c20-13-17-8-2-1-5-11-19(17)18(21)16-10-9-14-6-3-4-7-15(14)12-16/h9-10,12,17,20H,1-8,11,13H2. The Kier molecular flexibility index (Phi) is 4.59. The van der Waals surface area contributed by atoms with Gasteiger partial charge in [0.25, 0.3) is 5.91 Å². The lowest BCUT2D eigenvalue weighted by atomic mass is 9.90. The molecule has 3 nitrogen and oxygen atoms in total. The van der Waals surface area contributed by atoms with Crippen LogP contribution in [0.2, 0.25) is 0 Å². The second-order valence-corrected chi connectivity index (χ2v) is 6.37. The molecule has 1 N–H and O–H groups in total. The third-order valence-corrected chi connectivity index (χ3v) is 4.94. The molecule has 1 aromatic carbocycles. The summed E-state index contributed by atoms with van der Waals surface area (Å²) in [7, 11) is 0. The summed E-state index contributed by atoms with van der Waals surface area (Å²) in [5, 5.41) is 9.58. The Morgan fingerprint density at radius 1 is 1.10 bits per heavy atom. The number of benzene rings is 1. The largest absolute Gasteiger partial charge is 0.394 e. The summed E-state index contributed by atoms with van der Waals surface area (Å²) in [4.78, 5) is 14.7. The lowest BCUT2D eigenvalue weighted by molar-refractivity contribution is 0.0599. The van der Waals surface area contributed by atoms with Crippen LogP contribution < -0.4 is 0 Å². The fourth-order valence-electron chi connectivity index (χ4n) is 3.67. The number of likely N-dealkylation sites (tertiary alicyclic amines) is 1. The number of carbonyl (C=O) groups excluding carboxylic acids is 1. The Morgan fingerprint density at radius 3 is 2.71 bits per heavy atom. The van der Waals surface area contributed by atoms with Crippen LogP contribution in [0.1, 0.15) is 60.0 Å². The van der Waals surface area contributed by atoms with Crippen molar-refractivity contribution in [1.82, 2.24) is 4.90 Å². The average Bonchev–Trinajstić information content (AvgIpc) is 2.79. The number of rotatable bonds is 2. The van der Waals surface area contributed by atoms with Crippen molar-refractivity contribution >= 4 is 5.91 Å². The van der Waals surface area contributed by atoms with Gasteiger partial charge >= 0.3 is 0 Å². The molecule has 1 saturated heterocycles. The second-order valence-electron chi connectivity index (χ2n) is 6.37. The lowest BCUT2D eigenvalue weighted by Crippen LogP contribution is -2.42. The van der Waals surface area contributed by atoms with Crippen LogP contribution in [-0.2, 0) is 12.8 Å². The van der Waals surface area contributed by atoms with Crippen LogP contribution in [0.5, 0.6) is 0 Å². The molecule has 114 valence electrons. The van der Waals surface area contributed by atoms with E-state index >= 15 is 0 Å². The normalized spacial score (nSPS) is 22.5. The first-order valence-electron chi connectivity index (χ1n) is 8.33. The van der Waals surface area contributed by atoms with Crippen molar-refractivity contribution < 1.29 is 9.90 Å². The van der Waals surface area contributed by atoms with E-state index in [4.69, 9.17) is 0 Å². The van der Waals surface area contributed by atoms with Gasteiger partial charge in [-0.1, -0.05) is 18.9 Å². The predicted molar refractivity (Wildman–Crippen MR) is 83.5 cm³/mol. The fourth-order valence-corrected chi connectivity index (χ4v) is 3.67. The average molecular weight is 287 g/mol. The molecule has 3 heteroatoms. The van der Waals surface area contributed by atoms with Crippen molar-refractivity contribution in [1.29, 1.82) is 0 Å². The molecule has 1 aliphatic heterocycles. The van der Waals surface area contributed by atoms with Crippen LogP contribution in [0.25, 0.3) is 0 Å². The Morgan fingerprint density at radius 2 is 1.90 bits per heavy atom. The summed E-state index contributed by atoms with van der Waals surface area (Å²) < 4.78 is 0. The minimum Gasteiger partial charge on any atom is -0.394 e. The van der Waals surface area contributed by atoms with Crippen molar-refractivity contribution in [2.75, 3.05) is 13.2 Å². The zero-order valence-corrected chi connectivity index (χ0v) is 12.7. The number of carbonyl (C=O) groups is 1. The van der Waals surface area contributed by atoms with E-state index in [0.717, 1.165) is 50.6 Å². The van der Waals surface area contributed by atoms with Crippen molar-refractivity contribution in [3.8, 4) is 0 Å². The van der Waals surface area contributed by atoms with E-state index in [0.29, 0.717) is 0 Å². The number of aliphatic hydroxyl groups excluding tert-OH is 1. The van der Waals surface area contributed by atoms with Gasteiger partial charge in [0.15, 0.2) is 0 Å². The number of aliphatic hydroxyl groups is 1. The molecule has 0 aromatic heterocycles. The summed E-state index contributed by atoms with van der Waals surface area (Å²) in [6.45, 7) is 0.859. The predicted octanol–water partition coefficient (Wildman–Crippen LogP) is 2.94. The topological polar surface area (TPSA) is 40.5 Å². The molecule has 0 saturated carbocycles. The minimum atomic E-state index is -0.00367. The highest BCUT2D eigenvalue weighted by atomic mass is 16.3. The lowest BCUT2D eigenvalue weighted by Gasteiger charge is -2.29. The summed E-state index contributed by atoms with van der Waals surface area (Å²) in [6.07, 6.45) is 8.98. The van der Waals surface area contributed by atoms with Gasteiger partial charge in [-0.15, -0.1) is 0 Å². The van der Waals surface area contributed by atoms with Gasteiger partial charge < -0.3 is 10.0 Å². The first kappa shape index (κ1) is 14.6. The molecule has 2 aliphatic rings. The smallest absolute Gasteiger partial charge is 0.254 e. The molecule has 0 bridgehead atoms. The van der Waals surface area contributed by atoms with E-state index in [1.807, 2.05) is 11.0 Å². The molecule has 1 amide bonds. The summed E-state index contributed by atoms with van der Waals surface area (Å²) in [5.41, 5.74) is 3.56. The van der Waals surface area contributed by atoms with Crippen molar-refractivity contribution in [3.63, 3.8) is 0 Å². The van der Waals surface area contributed by atoms with Crippen molar-refractivity contribution in [2.45, 2.75) is 57.4 Å². The SMILES string of the molecule is O=C(c1ccc2c(c1)CCCC2)N1CCCCCC1CO.